The second-order valence-electron chi connectivity index (χ2n) is 3.87. The van der Waals surface area contributed by atoms with E-state index >= 15 is 0 Å². The first-order valence-electron chi connectivity index (χ1n) is 5.48. The van der Waals surface area contributed by atoms with E-state index < -0.39 is 5.97 Å². The predicted molar refractivity (Wildman–Crippen MR) is 71.2 cm³/mol. The van der Waals surface area contributed by atoms with E-state index in [-0.39, 0.29) is 0 Å². The third-order valence-electron chi connectivity index (χ3n) is 2.52. The first-order chi connectivity index (χ1) is 9.10. The molecule has 0 amide bonds. The van der Waals surface area contributed by atoms with Crippen LogP contribution in [-0.2, 0) is 0 Å². The van der Waals surface area contributed by atoms with E-state index in [0.717, 1.165) is 15.4 Å². The maximum atomic E-state index is 11.1. The van der Waals surface area contributed by atoms with Crippen LogP contribution in [0.3, 0.4) is 0 Å². The van der Waals surface area contributed by atoms with Crippen molar-refractivity contribution in [3.8, 4) is 6.07 Å². The van der Waals surface area contributed by atoms with Crippen LogP contribution in [0.2, 0.25) is 0 Å². The van der Waals surface area contributed by atoms with Gasteiger partial charge in [-0.15, -0.1) is 0 Å². The predicted octanol–water partition coefficient (Wildman–Crippen LogP) is 3.11. The maximum Gasteiger partial charge on any atom is 0.335 e. The van der Waals surface area contributed by atoms with Crippen molar-refractivity contribution in [3.63, 3.8) is 0 Å². The summed E-state index contributed by atoms with van der Waals surface area (Å²) in [5.41, 5.74) is 1.36. The summed E-state index contributed by atoms with van der Waals surface area (Å²) in [5.74, 6) is -0.938. The highest BCUT2D eigenvalue weighted by Gasteiger charge is 2.08. The lowest BCUT2D eigenvalue weighted by atomic mass is 10.1. The fourth-order valence-corrected chi connectivity index (χ4v) is 2.45. The van der Waals surface area contributed by atoms with Gasteiger partial charge in [-0.25, -0.2) is 9.78 Å². The number of nitrogens with zero attached hydrogens (tertiary/aromatic N) is 2. The van der Waals surface area contributed by atoms with E-state index in [2.05, 4.69) is 4.98 Å². The van der Waals surface area contributed by atoms with Crippen molar-refractivity contribution in [1.82, 2.24) is 4.98 Å². The van der Waals surface area contributed by atoms with Crippen molar-refractivity contribution in [2.45, 2.75) is 16.7 Å². The molecule has 1 N–H and O–H groups in total. The van der Waals surface area contributed by atoms with Gasteiger partial charge in [-0.3, -0.25) is 0 Å². The molecular weight excluding hydrogens is 260 g/mol. The van der Waals surface area contributed by atoms with Crippen molar-refractivity contribution in [2.24, 2.45) is 0 Å². The van der Waals surface area contributed by atoms with Crippen molar-refractivity contribution in [3.05, 3.63) is 53.3 Å². The molecule has 1 aromatic carbocycles. The normalized spacial score (nSPS) is 9.89. The minimum atomic E-state index is -0.938. The van der Waals surface area contributed by atoms with Gasteiger partial charge in [-0.2, -0.15) is 5.26 Å². The molecule has 0 radical (unpaired) electrons. The monoisotopic (exact) mass is 270 g/mol. The average Bonchev–Trinajstić information content (AvgIpc) is 2.41. The molecule has 94 valence electrons. The van der Waals surface area contributed by atoms with Crippen LogP contribution < -0.4 is 0 Å². The number of aromatic carboxylic acids is 1. The van der Waals surface area contributed by atoms with Gasteiger partial charge in [0.2, 0.25) is 0 Å². The molecule has 0 saturated carbocycles. The Hall–Kier alpha value is -2.32. The number of hydrogen-bond acceptors (Lipinski definition) is 4. The molecule has 0 aliphatic heterocycles. The highest BCUT2D eigenvalue weighted by Crippen LogP contribution is 2.29. The van der Waals surface area contributed by atoms with Crippen molar-refractivity contribution in [1.29, 1.82) is 5.26 Å². The van der Waals surface area contributed by atoms with Crippen LogP contribution in [-0.4, -0.2) is 16.1 Å². The summed E-state index contributed by atoms with van der Waals surface area (Å²) in [6.07, 6.45) is 1.56. The van der Waals surface area contributed by atoms with Gasteiger partial charge in [-0.05, 0) is 36.8 Å². The Morgan fingerprint density at radius 1 is 1.32 bits per heavy atom. The quantitative estimate of drug-likeness (QED) is 0.927. The number of carboxylic acid groups (broad SMARTS) is 1. The number of nitriles is 1. The Morgan fingerprint density at radius 3 is 2.74 bits per heavy atom. The fraction of sp³-hybridized carbons (Fsp3) is 0.0714. The van der Waals surface area contributed by atoms with Crippen molar-refractivity contribution >= 4 is 17.7 Å². The molecule has 0 bridgehead atoms. The summed E-state index contributed by atoms with van der Waals surface area (Å²) in [7, 11) is 0. The number of rotatable bonds is 3. The molecule has 0 aliphatic rings. The lowest BCUT2D eigenvalue weighted by molar-refractivity contribution is 0.0696. The van der Waals surface area contributed by atoms with Crippen LogP contribution >= 0.6 is 11.8 Å². The van der Waals surface area contributed by atoms with E-state index in [0.29, 0.717) is 11.3 Å². The van der Waals surface area contributed by atoms with Gasteiger partial charge >= 0.3 is 5.97 Å². The van der Waals surface area contributed by atoms with Crippen LogP contribution in [0.1, 0.15) is 21.6 Å². The number of benzene rings is 1. The summed E-state index contributed by atoms with van der Waals surface area (Å²) < 4.78 is 0. The molecule has 0 saturated heterocycles. The van der Waals surface area contributed by atoms with Crippen LogP contribution in [0, 0.1) is 18.3 Å². The molecular formula is C14H10N2O2S. The van der Waals surface area contributed by atoms with Crippen LogP contribution in [0.15, 0.2) is 46.3 Å². The number of aromatic nitrogens is 1. The Bertz CT molecular complexity index is 677. The molecule has 1 heterocycles. The van der Waals surface area contributed by atoms with Gasteiger partial charge in [-0.1, -0.05) is 17.8 Å². The second kappa shape index (κ2) is 5.55. The fourth-order valence-electron chi connectivity index (χ4n) is 1.57. The van der Waals surface area contributed by atoms with Crippen LogP contribution in [0.5, 0.6) is 0 Å². The third kappa shape index (κ3) is 3.12. The topological polar surface area (TPSA) is 74.0 Å². The number of carbonyl (C=O) groups is 1. The molecule has 19 heavy (non-hydrogen) atoms. The maximum absolute atomic E-state index is 11.1. The summed E-state index contributed by atoms with van der Waals surface area (Å²) in [6, 6.07) is 10.7. The van der Waals surface area contributed by atoms with Crippen molar-refractivity contribution < 1.29 is 9.90 Å². The van der Waals surface area contributed by atoms with Gasteiger partial charge < -0.3 is 5.11 Å². The zero-order valence-electron chi connectivity index (χ0n) is 10.1. The zero-order valence-corrected chi connectivity index (χ0v) is 10.9. The molecule has 2 rings (SSSR count). The molecule has 0 atom stereocenters. The molecule has 0 fully saturated rings. The van der Waals surface area contributed by atoms with Crippen LogP contribution in [0.4, 0.5) is 0 Å². The Balaban J connectivity index is 2.31. The van der Waals surface area contributed by atoms with Gasteiger partial charge in [0, 0.05) is 16.0 Å². The summed E-state index contributed by atoms with van der Waals surface area (Å²) >= 11 is 1.40. The van der Waals surface area contributed by atoms with E-state index in [9.17, 15) is 4.79 Å². The van der Waals surface area contributed by atoms with Crippen molar-refractivity contribution in [2.75, 3.05) is 0 Å². The zero-order chi connectivity index (χ0) is 13.8. The highest BCUT2D eigenvalue weighted by molar-refractivity contribution is 7.99. The van der Waals surface area contributed by atoms with Gasteiger partial charge in [0.15, 0.2) is 0 Å². The smallest absolute Gasteiger partial charge is 0.335 e. The highest BCUT2D eigenvalue weighted by atomic mass is 32.2. The summed E-state index contributed by atoms with van der Waals surface area (Å²) in [6.45, 7) is 1.76. The van der Waals surface area contributed by atoms with Crippen LogP contribution in [0.25, 0.3) is 0 Å². The minimum absolute atomic E-state index is 0.291. The number of carboxylic acids is 1. The second-order valence-corrected chi connectivity index (χ2v) is 5.02. The third-order valence-corrected chi connectivity index (χ3v) is 3.50. The van der Waals surface area contributed by atoms with Gasteiger partial charge in [0.1, 0.15) is 11.8 Å². The van der Waals surface area contributed by atoms with Gasteiger partial charge in [0.05, 0.1) is 5.56 Å². The Labute approximate surface area is 114 Å². The first-order valence-corrected chi connectivity index (χ1v) is 6.30. The van der Waals surface area contributed by atoms with E-state index in [4.69, 9.17) is 10.4 Å². The Kier molecular flexibility index (Phi) is 3.83. The van der Waals surface area contributed by atoms with Gasteiger partial charge in [0.25, 0.3) is 0 Å². The molecule has 0 unspecified atom stereocenters. The molecule has 5 heteroatoms. The van der Waals surface area contributed by atoms with E-state index in [1.165, 1.54) is 11.8 Å². The lowest BCUT2D eigenvalue weighted by Crippen LogP contribution is -1.99. The lowest BCUT2D eigenvalue weighted by Gasteiger charge is -2.05. The number of aryl methyl sites for hydroxylation is 1. The molecule has 0 spiro atoms. The number of hydrogen-bond donors (Lipinski definition) is 1. The Morgan fingerprint density at radius 2 is 2.05 bits per heavy atom. The molecule has 2 aromatic rings. The number of pyridine rings is 1. The largest absolute Gasteiger partial charge is 0.478 e. The molecule has 0 aliphatic carbocycles. The summed E-state index contributed by atoms with van der Waals surface area (Å²) in [4.78, 5) is 16.6. The molecule has 4 nitrogen and oxygen atoms in total. The van der Waals surface area contributed by atoms with E-state index in [1.807, 2.05) is 12.1 Å². The molecule has 1 aromatic heterocycles. The minimum Gasteiger partial charge on any atom is -0.478 e. The first kappa shape index (κ1) is 13.1. The van der Waals surface area contributed by atoms with E-state index in [1.54, 1.807) is 37.4 Å². The SMILES string of the molecule is Cc1ccc(Sc2ccnc(C#N)c2)cc1C(=O)O. The summed E-state index contributed by atoms with van der Waals surface area (Å²) in [5, 5.41) is 17.9. The standard InChI is InChI=1S/C14H10N2O2S/c1-9-2-3-11(7-13(9)14(17)18)19-12-4-5-16-10(6-12)8-15/h2-7H,1H3,(H,17,18). The average molecular weight is 270 g/mol.